The third-order valence-electron chi connectivity index (χ3n) is 3.29. The lowest BCUT2D eigenvalue weighted by Crippen LogP contribution is -2.00. The van der Waals surface area contributed by atoms with Gasteiger partial charge in [-0.2, -0.15) is 5.10 Å². The lowest BCUT2D eigenvalue weighted by Gasteiger charge is -1.99. The maximum absolute atomic E-state index is 12.9. The van der Waals surface area contributed by atoms with Crippen LogP contribution in [0.25, 0.3) is 11.3 Å². The van der Waals surface area contributed by atoms with Crippen molar-refractivity contribution in [3.05, 3.63) is 70.9 Å². The number of hydrogen-bond acceptors (Lipinski definition) is 6. The van der Waals surface area contributed by atoms with Crippen molar-refractivity contribution >= 4 is 28.7 Å². The molecule has 0 bridgehead atoms. The molecule has 0 radical (unpaired) electrons. The molecule has 0 fully saturated rings. The second-order valence-corrected chi connectivity index (χ2v) is 5.97. The first kappa shape index (κ1) is 16.8. The number of nitrogens with zero attached hydrogens (tertiary/aromatic N) is 2. The van der Waals surface area contributed by atoms with E-state index < -0.39 is 5.97 Å². The van der Waals surface area contributed by atoms with Gasteiger partial charge in [0, 0.05) is 5.56 Å². The van der Waals surface area contributed by atoms with E-state index in [1.54, 1.807) is 18.3 Å². The highest BCUT2D eigenvalue weighted by molar-refractivity contribution is 7.17. The van der Waals surface area contributed by atoms with E-state index in [1.807, 2.05) is 30.3 Å². The zero-order valence-electron chi connectivity index (χ0n) is 13.3. The highest BCUT2D eigenvalue weighted by Crippen LogP contribution is 2.31. The number of benzene rings is 2. The molecule has 7 heteroatoms. The molecule has 0 atom stereocenters. The van der Waals surface area contributed by atoms with E-state index in [1.165, 1.54) is 19.2 Å². The van der Waals surface area contributed by atoms with Crippen molar-refractivity contribution in [1.29, 1.82) is 0 Å². The molecule has 1 aromatic heterocycles. The molecule has 2 aromatic carbocycles. The number of methoxy groups -OCH3 is 1. The van der Waals surface area contributed by atoms with Gasteiger partial charge in [-0.15, -0.1) is 0 Å². The van der Waals surface area contributed by atoms with E-state index in [0.717, 1.165) is 22.5 Å². The fourth-order valence-corrected chi connectivity index (χ4v) is 2.96. The number of esters is 1. The first-order chi connectivity index (χ1) is 12.2. The molecule has 0 saturated carbocycles. The van der Waals surface area contributed by atoms with Gasteiger partial charge in [0.15, 0.2) is 0 Å². The second-order valence-electron chi connectivity index (χ2n) is 4.98. The third kappa shape index (κ3) is 4.07. The zero-order chi connectivity index (χ0) is 17.6. The molecule has 3 aromatic rings. The summed E-state index contributed by atoms with van der Waals surface area (Å²) in [6.07, 6.45) is 1.54. The number of anilines is 1. The molecular formula is C18H14FN3O2S. The van der Waals surface area contributed by atoms with Gasteiger partial charge in [0.1, 0.15) is 10.7 Å². The number of ether oxygens (including phenoxy) is 1. The fraction of sp³-hybridized carbons (Fsp3) is 0.0556. The predicted octanol–water partition coefficient (Wildman–Crippen LogP) is 4.18. The zero-order valence-corrected chi connectivity index (χ0v) is 14.1. The molecule has 0 saturated heterocycles. The maximum Gasteiger partial charge on any atom is 0.350 e. The van der Waals surface area contributed by atoms with Gasteiger partial charge < -0.3 is 4.74 Å². The van der Waals surface area contributed by atoms with Crippen LogP contribution >= 0.6 is 11.3 Å². The van der Waals surface area contributed by atoms with Gasteiger partial charge >= 0.3 is 5.97 Å². The standard InChI is InChI=1S/C18H14FN3O2S/c1-24-17(23)16-15(13-5-3-2-4-6-13)21-18(25-16)22-20-11-12-7-9-14(19)10-8-12/h2-11H,1H3,(H,21,22)/b20-11-. The summed E-state index contributed by atoms with van der Waals surface area (Å²) in [5.74, 6) is -0.757. The van der Waals surface area contributed by atoms with Crippen molar-refractivity contribution in [2.24, 2.45) is 5.10 Å². The molecule has 25 heavy (non-hydrogen) atoms. The fourth-order valence-electron chi connectivity index (χ4n) is 2.10. The molecule has 126 valence electrons. The summed E-state index contributed by atoms with van der Waals surface area (Å²) < 4.78 is 17.7. The number of hydrazone groups is 1. The number of halogens is 1. The van der Waals surface area contributed by atoms with Crippen LogP contribution in [-0.4, -0.2) is 24.3 Å². The van der Waals surface area contributed by atoms with Crippen LogP contribution in [0, 0.1) is 5.82 Å². The Morgan fingerprint density at radius 1 is 1.20 bits per heavy atom. The lowest BCUT2D eigenvalue weighted by atomic mass is 10.1. The molecule has 1 heterocycles. The first-order valence-corrected chi connectivity index (χ1v) is 8.18. The SMILES string of the molecule is COC(=O)c1sc(N/N=C\c2ccc(F)cc2)nc1-c1ccccc1. The molecule has 0 unspecified atom stereocenters. The largest absolute Gasteiger partial charge is 0.465 e. The Hall–Kier alpha value is -3.06. The van der Waals surface area contributed by atoms with Gasteiger partial charge in [0.05, 0.1) is 19.0 Å². The van der Waals surface area contributed by atoms with E-state index >= 15 is 0 Å². The van der Waals surface area contributed by atoms with E-state index in [2.05, 4.69) is 15.5 Å². The van der Waals surface area contributed by atoms with Crippen LogP contribution in [0.1, 0.15) is 15.2 Å². The van der Waals surface area contributed by atoms with Gasteiger partial charge in [-0.3, -0.25) is 5.43 Å². The van der Waals surface area contributed by atoms with Crippen molar-refractivity contribution in [2.75, 3.05) is 12.5 Å². The average Bonchev–Trinajstić information content (AvgIpc) is 3.08. The lowest BCUT2D eigenvalue weighted by molar-refractivity contribution is 0.0607. The normalized spacial score (nSPS) is 10.8. The van der Waals surface area contributed by atoms with Gasteiger partial charge in [0.25, 0.3) is 0 Å². The minimum absolute atomic E-state index is 0.305. The molecule has 0 aliphatic heterocycles. The first-order valence-electron chi connectivity index (χ1n) is 7.36. The van der Waals surface area contributed by atoms with Crippen LogP contribution in [0.3, 0.4) is 0 Å². The van der Waals surface area contributed by atoms with Crippen LogP contribution in [0.15, 0.2) is 59.7 Å². The van der Waals surface area contributed by atoms with Crippen LogP contribution in [-0.2, 0) is 4.74 Å². The molecule has 5 nitrogen and oxygen atoms in total. The number of nitrogens with one attached hydrogen (secondary N) is 1. The Kier molecular flexibility index (Phi) is 5.15. The van der Waals surface area contributed by atoms with Gasteiger partial charge in [0.2, 0.25) is 5.13 Å². The van der Waals surface area contributed by atoms with E-state index in [4.69, 9.17) is 4.74 Å². The average molecular weight is 355 g/mol. The maximum atomic E-state index is 12.9. The Balaban J connectivity index is 1.83. The van der Waals surface area contributed by atoms with Crippen molar-refractivity contribution < 1.29 is 13.9 Å². The summed E-state index contributed by atoms with van der Waals surface area (Å²) in [7, 11) is 1.33. The summed E-state index contributed by atoms with van der Waals surface area (Å²) in [4.78, 5) is 16.8. The monoisotopic (exact) mass is 355 g/mol. The van der Waals surface area contributed by atoms with Crippen LogP contribution in [0.2, 0.25) is 0 Å². The summed E-state index contributed by atoms with van der Waals surface area (Å²) in [6, 6.07) is 15.3. The summed E-state index contributed by atoms with van der Waals surface area (Å²) in [5, 5.41) is 4.53. The quantitative estimate of drug-likeness (QED) is 0.424. The molecule has 1 N–H and O–H groups in total. The van der Waals surface area contributed by atoms with Gasteiger partial charge in [-0.05, 0) is 17.7 Å². The Morgan fingerprint density at radius 2 is 1.92 bits per heavy atom. The van der Waals surface area contributed by atoms with Gasteiger partial charge in [-0.25, -0.2) is 14.2 Å². The van der Waals surface area contributed by atoms with Crippen LogP contribution in [0.4, 0.5) is 9.52 Å². The molecule has 0 spiro atoms. The Labute approximate surface area is 147 Å². The predicted molar refractivity (Wildman–Crippen MR) is 96.5 cm³/mol. The van der Waals surface area contributed by atoms with Crippen molar-refractivity contribution in [1.82, 2.24) is 4.98 Å². The number of carbonyl (C=O) groups is 1. The highest BCUT2D eigenvalue weighted by Gasteiger charge is 2.19. The molecule has 0 aliphatic rings. The van der Waals surface area contributed by atoms with Crippen molar-refractivity contribution in [3.8, 4) is 11.3 Å². The molecule has 0 amide bonds. The van der Waals surface area contributed by atoms with Crippen LogP contribution in [0.5, 0.6) is 0 Å². The smallest absolute Gasteiger partial charge is 0.350 e. The topological polar surface area (TPSA) is 63.6 Å². The molecule has 0 aliphatic carbocycles. The summed E-state index contributed by atoms with van der Waals surface area (Å²) in [5.41, 5.74) is 4.88. The molecule has 3 rings (SSSR count). The minimum Gasteiger partial charge on any atom is -0.465 e. The number of aromatic nitrogens is 1. The Bertz CT molecular complexity index is 892. The molecular weight excluding hydrogens is 341 g/mol. The van der Waals surface area contributed by atoms with Crippen LogP contribution < -0.4 is 5.43 Å². The minimum atomic E-state index is -0.452. The number of rotatable bonds is 5. The van der Waals surface area contributed by atoms with E-state index in [9.17, 15) is 9.18 Å². The second kappa shape index (κ2) is 7.67. The number of thiazole rings is 1. The van der Waals surface area contributed by atoms with E-state index in [0.29, 0.717) is 15.7 Å². The summed E-state index contributed by atoms with van der Waals surface area (Å²) >= 11 is 1.15. The summed E-state index contributed by atoms with van der Waals surface area (Å²) in [6.45, 7) is 0. The highest BCUT2D eigenvalue weighted by atomic mass is 32.1. The van der Waals surface area contributed by atoms with Gasteiger partial charge in [-0.1, -0.05) is 53.8 Å². The van der Waals surface area contributed by atoms with Crippen molar-refractivity contribution in [2.45, 2.75) is 0 Å². The number of hydrogen-bond donors (Lipinski definition) is 1. The number of carbonyl (C=O) groups excluding carboxylic acids is 1. The third-order valence-corrected chi connectivity index (χ3v) is 4.23. The van der Waals surface area contributed by atoms with E-state index in [-0.39, 0.29) is 5.82 Å². The van der Waals surface area contributed by atoms with Crippen molar-refractivity contribution in [3.63, 3.8) is 0 Å². The Morgan fingerprint density at radius 3 is 2.60 bits per heavy atom.